The summed E-state index contributed by atoms with van der Waals surface area (Å²) in [4.78, 5) is 14.5. The molecule has 0 saturated carbocycles. The monoisotopic (exact) mass is 212 g/mol. The summed E-state index contributed by atoms with van der Waals surface area (Å²) < 4.78 is 0. The molecule has 15 heavy (non-hydrogen) atoms. The lowest BCUT2D eigenvalue weighted by Crippen LogP contribution is -2.44. The first-order valence-electron chi connectivity index (χ1n) is 4.54. The lowest BCUT2D eigenvalue weighted by molar-refractivity contribution is -0.139. The normalized spacial score (nSPS) is 12.9. The van der Waals surface area contributed by atoms with Crippen molar-refractivity contribution >= 4 is 11.9 Å². The third-order valence-electron chi connectivity index (χ3n) is 1.66. The number of aliphatic imine (C=N–C) groups is 1. The highest BCUT2D eigenvalue weighted by molar-refractivity contribution is 5.84. The SMILES string of the molecule is C#CCN=C(N)N[C@@H](CCCN)C(=O)O. The summed E-state index contributed by atoms with van der Waals surface area (Å²) in [7, 11) is 0. The number of rotatable bonds is 6. The molecule has 6 nitrogen and oxygen atoms in total. The number of aliphatic carboxylic acids is 1. The van der Waals surface area contributed by atoms with Crippen molar-refractivity contribution in [3.05, 3.63) is 0 Å². The lowest BCUT2D eigenvalue weighted by atomic mass is 10.1. The minimum absolute atomic E-state index is 0.0392. The molecule has 0 saturated heterocycles. The molecule has 0 aliphatic rings. The van der Waals surface area contributed by atoms with Crippen molar-refractivity contribution in [2.45, 2.75) is 18.9 Å². The van der Waals surface area contributed by atoms with E-state index in [1.165, 1.54) is 0 Å². The Labute approximate surface area is 88.7 Å². The van der Waals surface area contributed by atoms with Crippen LogP contribution >= 0.6 is 0 Å². The van der Waals surface area contributed by atoms with Gasteiger partial charge in [-0.2, -0.15) is 0 Å². The molecule has 0 spiro atoms. The van der Waals surface area contributed by atoms with Gasteiger partial charge in [0.15, 0.2) is 5.96 Å². The van der Waals surface area contributed by atoms with Gasteiger partial charge in [0.2, 0.25) is 0 Å². The highest BCUT2D eigenvalue weighted by atomic mass is 16.4. The molecular weight excluding hydrogens is 196 g/mol. The number of guanidine groups is 1. The summed E-state index contributed by atoms with van der Waals surface area (Å²) >= 11 is 0. The molecule has 0 unspecified atom stereocenters. The number of carbonyl (C=O) groups is 1. The third kappa shape index (κ3) is 6.35. The summed E-state index contributed by atoms with van der Waals surface area (Å²) in [6.45, 7) is 0.564. The van der Waals surface area contributed by atoms with Gasteiger partial charge in [-0.1, -0.05) is 5.92 Å². The zero-order valence-corrected chi connectivity index (χ0v) is 8.44. The number of terminal acetylenes is 1. The molecule has 0 heterocycles. The van der Waals surface area contributed by atoms with Crippen molar-refractivity contribution in [3.8, 4) is 12.3 Å². The Morgan fingerprint density at radius 3 is 2.80 bits per heavy atom. The van der Waals surface area contributed by atoms with Crippen LogP contribution in [-0.4, -0.2) is 36.2 Å². The summed E-state index contributed by atoms with van der Waals surface area (Å²) in [6, 6.07) is -0.768. The average Bonchev–Trinajstić information content (AvgIpc) is 2.20. The van der Waals surface area contributed by atoms with Gasteiger partial charge in [-0.05, 0) is 19.4 Å². The Hall–Kier alpha value is -1.74. The molecule has 0 fully saturated rings. The first-order valence-corrected chi connectivity index (χ1v) is 4.54. The van der Waals surface area contributed by atoms with Gasteiger partial charge in [0, 0.05) is 0 Å². The van der Waals surface area contributed by atoms with Gasteiger partial charge in [0.1, 0.15) is 12.6 Å². The van der Waals surface area contributed by atoms with Gasteiger partial charge in [-0.3, -0.25) is 0 Å². The van der Waals surface area contributed by atoms with Crippen molar-refractivity contribution in [2.24, 2.45) is 16.5 Å². The minimum atomic E-state index is -0.984. The number of hydrogen-bond donors (Lipinski definition) is 4. The van der Waals surface area contributed by atoms with E-state index in [2.05, 4.69) is 16.2 Å². The van der Waals surface area contributed by atoms with Crippen molar-refractivity contribution < 1.29 is 9.90 Å². The second-order valence-corrected chi connectivity index (χ2v) is 2.87. The van der Waals surface area contributed by atoms with Gasteiger partial charge in [0.25, 0.3) is 0 Å². The molecule has 6 N–H and O–H groups in total. The molecule has 0 aromatic heterocycles. The van der Waals surface area contributed by atoms with Crippen LogP contribution in [0.3, 0.4) is 0 Å². The Morgan fingerprint density at radius 1 is 1.67 bits per heavy atom. The van der Waals surface area contributed by atoms with Crippen LogP contribution in [0.5, 0.6) is 0 Å². The first kappa shape index (κ1) is 13.3. The van der Waals surface area contributed by atoms with Crippen molar-refractivity contribution in [2.75, 3.05) is 13.1 Å². The maximum Gasteiger partial charge on any atom is 0.326 e. The maximum absolute atomic E-state index is 10.8. The van der Waals surface area contributed by atoms with E-state index in [0.717, 1.165) is 0 Å². The Balaban J connectivity index is 4.16. The summed E-state index contributed by atoms with van der Waals surface area (Å²) in [6.07, 6.45) is 5.98. The molecule has 0 amide bonds. The molecule has 0 aliphatic carbocycles. The van der Waals surface area contributed by atoms with Crippen molar-refractivity contribution in [3.63, 3.8) is 0 Å². The van der Waals surface area contributed by atoms with E-state index in [9.17, 15) is 4.79 Å². The third-order valence-corrected chi connectivity index (χ3v) is 1.66. The second kappa shape index (κ2) is 7.64. The van der Waals surface area contributed by atoms with Gasteiger partial charge >= 0.3 is 5.97 Å². The number of nitrogens with one attached hydrogen (secondary N) is 1. The number of nitrogens with two attached hydrogens (primary N) is 2. The predicted octanol–water partition coefficient (Wildman–Crippen LogP) is -1.28. The van der Waals surface area contributed by atoms with Gasteiger partial charge in [-0.15, -0.1) is 6.42 Å². The smallest absolute Gasteiger partial charge is 0.326 e. The molecule has 0 aromatic rings. The van der Waals surface area contributed by atoms with E-state index in [4.69, 9.17) is 23.0 Å². The fourth-order valence-corrected chi connectivity index (χ4v) is 0.934. The van der Waals surface area contributed by atoms with E-state index in [-0.39, 0.29) is 12.5 Å². The van der Waals surface area contributed by atoms with Crippen LogP contribution < -0.4 is 16.8 Å². The van der Waals surface area contributed by atoms with Crippen molar-refractivity contribution in [1.29, 1.82) is 0 Å². The van der Waals surface area contributed by atoms with E-state index in [1.54, 1.807) is 0 Å². The van der Waals surface area contributed by atoms with Gasteiger partial charge in [-0.25, -0.2) is 9.79 Å². The summed E-state index contributed by atoms with van der Waals surface area (Å²) in [5.41, 5.74) is 10.7. The zero-order valence-electron chi connectivity index (χ0n) is 8.44. The summed E-state index contributed by atoms with van der Waals surface area (Å²) in [5.74, 6) is 1.32. The van der Waals surface area contributed by atoms with E-state index in [1.807, 2.05) is 0 Å². The molecule has 0 rings (SSSR count). The maximum atomic E-state index is 10.8. The van der Waals surface area contributed by atoms with Crippen LogP contribution in [0, 0.1) is 12.3 Å². The zero-order chi connectivity index (χ0) is 11.7. The highest BCUT2D eigenvalue weighted by Gasteiger charge is 2.16. The molecular formula is C9H16N4O2. The largest absolute Gasteiger partial charge is 0.480 e. The lowest BCUT2D eigenvalue weighted by Gasteiger charge is -2.14. The van der Waals surface area contributed by atoms with Gasteiger partial charge < -0.3 is 21.9 Å². The standard InChI is InChI=1S/C9H16N4O2/c1-2-6-12-9(11)13-7(8(14)15)4-3-5-10/h1,7H,3-6,10H2,(H,14,15)(H3,11,12,13)/t7-/m0/s1. The number of carboxylic acid groups (broad SMARTS) is 1. The van der Waals surface area contributed by atoms with Crippen LogP contribution in [-0.2, 0) is 4.79 Å². The number of hydrogen-bond acceptors (Lipinski definition) is 3. The van der Waals surface area contributed by atoms with Crippen LogP contribution in [0.15, 0.2) is 4.99 Å². The number of carboxylic acids is 1. The predicted molar refractivity (Wildman–Crippen MR) is 58.2 cm³/mol. The van der Waals surface area contributed by atoms with Crippen molar-refractivity contribution in [1.82, 2.24) is 5.32 Å². The molecule has 84 valence electrons. The molecule has 1 atom stereocenters. The summed E-state index contributed by atoms with van der Waals surface area (Å²) in [5, 5.41) is 11.4. The Bertz CT molecular complexity index is 270. The highest BCUT2D eigenvalue weighted by Crippen LogP contribution is 1.95. The van der Waals surface area contributed by atoms with E-state index >= 15 is 0 Å². The quantitative estimate of drug-likeness (QED) is 0.249. The molecule has 0 aromatic carbocycles. The van der Waals surface area contributed by atoms with E-state index in [0.29, 0.717) is 19.4 Å². The first-order chi connectivity index (χ1) is 7.11. The van der Waals surface area contributed by atoms with Gasteiger partial charge in [0.05, 0.1) is 0 Å². The topological polar surface area (TPSA) is 114 Å². The van der Waals surface area contributed by atoms with E-state index < -0.39 is 12.0 Å². The molecule has 0 radical (unpaired) electrons. The van der Waals surface area contributed by atoms with Crippen LogP contribution in [0.2, 0.25) is 0 Å². The molecule has 0 bridgehead atoms. The molecule has 0 aliphatic heterocycles. The van der Waals surface area contributed by atoms with Crippen LogP contribution in [0.25, 0.3) is 0 Å². The Kier molecular flexibility index (Phi) is 6.76. The van der Waals surface area contributed by atoms with Crippen LogP contribution in [0.1, 0.15) is 12.8 Å². The van der Waals surface area contributed by atoms with Crippen LogP contribution in [0.4, 0.5) is 0 Å². The fraction of sp³-hybridized carbons (Fsp3) is 0.556. The minimum Gasteiger partial charge on any atom is -0.480 e. The number of nitrogens with zero attached hydrogens (tertiary/aromatic N) is 1. The molecule has 6 heteroatoms. The average molecular weight is 212 g/mol. The Morgan fingerprint density at radius 2 is 2.33 bits per heavy atom. The second-order valence-electron chi connectivity index (χ2n) is 2.87. The fourth-order valence-electron chi connectivity index (χ4n) is 0.934.